The van der Waals surface area contributed by atoms with Gasteiger partial charge in [0.05, 0.1) is 17.7 Å². The predicted molar refractivity (Wildman–Crippen MR) is 148 cm³/mol. The Hall–Kier alpha value is -3.07. The van der Waals surface area contributed by atoms with Crippen LogP contribution in [0.4, 0.5) is 0 Å². The van der Waals surface area contributed by atoms with Crippen LogP contribution >= 0.6 is 0 Å². The van der Waals surface area contributed by atoms with Gasteiger partial charge in [0.15, 0.2) is 17.5 Å². The zero-order valence-corrected chi connectivity index (χ0v) is 23.9. The van der Waals surface area contributed by atoms with Crippen LogP contribution in [0.1, 0.15) is 50.2 Å². The lowest BCUT2D eigenvalue weighted by Crippen LogP contribution is -2.65. The highest BCUT2D eigenvalue weighted by molar-refractivity contribution is 5.99. The second-order valence-corrected chi connectivity index (χ2v) is 12.9. The fraction of sp³-hybridized carbons (Fsp3) is 0.531. The monoisotopic (exact) mass is 546 g/mol. The third-order valence-corrected chi connectivity index (χ3v) is 10.7. The maximum absolute atomic E-state index is 14.5. The average molecular weight is 547 g/mol. The van der Waals surface area contributed by atoms with Crippen molar-refractivity contribution in [3.8, 4) is 11.3 Å². The number of esters is 1. The summed E-state index contributed by atoms with van der Waals surface area (Å²) in [7, 11) is 1.74. The normalized spacial score (nSPS) is 37.5. The van der Waals surface area contributed by atoms with Gasteiger partial charge in [0.25, 0.3) is 0 Å². The van der Waals surface area contributed by atoms with Crippen molar-refractivity contribution in [2.24, 2.45) is 41.5 Å². The number of hydrogen-bond donors (Lipinski definition) is 3. The summed E-state index contributed by atoms with van der Waals surface area (Å²) in [5, 5.41) is 39.3. The minimum Gasteiger partial charge on any atom is -0.451 e. The van der Waals surface area contributed by atoms with Gasteiger partial charge < -0.3 is 20.1 Å². The number of ether oxygens (including phenoxy) is 1. The molecule has 3 N–H and O–H groups in total. The molecular weight excluding hydrogens is 508 g/mol. The molecule has 1 heterocycles. The molecule has 0 amide bonds. The summed E-state index contributed by atoms with van der Waals surface area (Å²) in [5.41, 5.74) is -0.996. The van der Waals surface area contributed by atoms with Crippen molar-refractivity contribution in [3.05, 3.63) is 64.9 Å². The van der Waals surface area contributed by atoms with E-state index in [-0.39, 0.29) is 40.1 Å². The molecule has 212 valence electrons. The van der Waals surface area contributed by atoms with Crippen molar-refractivity contribution in [3.63, 3.8) is 0 Å². The van der Waals surface area contributed by atoms with Crippen molar-refractivity contribution < 1.29 is 29.6 Å². The van der Waals surface area contributed by atoms with Gasteiger partial charge in [-0.25, -0.2) is 4.79 Å². The lowest BCUT2D eigenvalue weighted by Gasteiger charge is -2.48. The number of benzene rings is 1. The van der Waals surface area contributed by atoms with E-state index in [0.717, 1.165) is 5.56 Å². The van der Waals surface area contributed by atoms with Crippen LogP contribution in [-0.2, 0) is 16.6 Å². The molecule has 4 aliphatic rings. The molecule has 1 aromatic heterocycles. The molecule has 0 saturated heterocycles. The number of aliphatic hydroxyl groups excluding tert-OH is 2. The number of fused-ring (bicyclic) bond motifs is 3. The van der Waals surface area contributed by atoms with E-state index < -0.39 is 41.7 Å². The van der Waals surface area contributed by atoms with E-state index in [9.17, 15) is 24.9 Å². The van der Waals surface area contributed by atoms with E-state index in [0.29, 0.717) is 23.4 Å². The van der Waals surface area contributed by atoms with E-state index in [4.69, 9.17) is 4.74 Å². The zero-order chi connectivity index (χ0) is 28.9. The molecule has 1 aromatic carbocycles. The van der Waals surface area contributed by atoms with Crippen molar-refractivity contribution in [2.75, 3.05) is 6.61 Å². The van der Waals surface area contributed by atoms with Crippen LogP contribution < -0.4 is 0 Å². The van der Waals surface area contributed by atoms with Crippen LogP contribution in [0.2, 0.25) is 0 Å². The van der Waals surface area contributed by atoms with Gasteiger partial charge in [-0.2, -0.15) is 5.10 Å². The van der Waals surface area contributed by atoms with Crippen LogP contribution in [0, 0.1) is 41.4 Å². The molecule has 2 aromatic rings. The number of carbonyl (C=O) groups is 2. The first-order valence-electron chi connectivity index (χ1n) is 14.1. The number of nitrogens with zero attached hydrogens (tertiary/aromatic N) is 2. The minimum atomic E-state index is -2.18. The highest BCUT2D eigenvalue weighted by atomic mass is 16.6. The van der Waals surface area contributed by atoms with Crippen LogP contribution in [0.5, 0.6) is 0 Å². The van der Waals surface area contributed by atoms with Gasteiger partial charge in [-0.1, -0.05) is 63.3 Å². The molecule has 1 spiro atoms. The van der Waals surface area contributed by atoms with E-state index in [2.05, 4.69) is 18.9 Å². The number of aryl methyl sites for hydroxylation is 1. The molecule has 6 rings (SSSR count). The van der Waals surface area contributed by atoms with Crippen LogP contribution in [0.3, 0.4) is 0 Å². The summed E-state index contributed by atoms with van der Waals surface area (Å²) < 4.78 is 7.73. The van der Waals surface area contributed by atoms with E-state index in [1.807, 2.05) is 37.3 Å². The maximum atomic E-state index is 14.5. The van der Waals surface area contributed by atoms with Crippen molar-refractivity contribution in [2.45, 2.75) is 58.8 Å². The lowest BCUT2D eigenvalue weighted by atomic mass is 9.59. The van der Waals surface area contributed by atoms with Crippen molar-refractivity contribution in [1.82, 2.24) is 9.78 Å². The number of aliphatic hydroxyl groups is 3. The lowest BCUT2D eigenvalue weighted by molar-refractivity contribution is -0.190. The number of allylic oxidation sites excluding steroid dienone is 1. The largest absolute Gasteiger partial charge is 0.451 e. The molecule has 4 aliphatic carbocycles. The molecule has 2 unspecified atom stereocenters. The number of ketones is 1. The Bertz CT molecular complexity index is 1470. The standard InChI is InChI=1S/C32H38N2O6/c1-16-14-31-17(2)12-22-24(30(22,4)5)21(27(31)37)13-20(15-35)26(36)32(31,39)28(16)40-29(38)23-18(3)34(6)33-25(23)19-10-8-7-9-11-19/h7-11,13-14,17,21-22,24,26,28,35-36,39H,12,15H2,1-6H3/t17?,21-,22+,24-,26+,28-,31?,32-/m0/s1. The molecular formula is C32H38N2O6. The smallest absolute Gasteiger partial charge is 0.342 e. The average Bonchev–Trinajstić information content (AvgIpc) is 3.24. The third-order valence-electron chi connectivity index (χ3n) is 10.7. The first-order chi connectivity index (χ1) is 18.8. The molecule has 40 heavy (non-hydrogen) atoms. The Kier molecular flexibility index (Phi) is 5.91. The SMILES string of the molecule is CC1=CC23C(=O)[C@@H](C=C(CO)[C@@H](O)[C@]2(O)[C@H]1OC(=O)c1c(-c2ccccc2)nn(C)c1C)[C@H]1[C@@H](CC3C)C1(C)C. The van der Waals surface area contributed by atoms with Crippen LogP contribution in [0.15, 0.2) is 53.6 Å². The van der Waals surface area contributed by atoms with Gasteiger partial charge in [-0.15, -0.1) is 0 Å². The summed E-state index contributed by atoms with van der Waals surface area (Å²) in [6, 6.07) is 9.30. The Morgan fingerprint density at radius 3 is 2.52 bits per heavy atom. The van der Waals surface area contributed by atoms with Gasteiger partial charge in [0, 0.05) is 18.5 Å². The maximum Gasteiger partial charge on any atom is 0.342 e. The van der Waals surface area contributed by atoms with Crippen LogP contribution in [-0.4, -0.2) is 61.3 Å². The van der Waals surface area contributed by atoms with Gasteiger partial charge in [-0.05, 0) is 54.6 Å². The summed E-state index contributed by atoms with van der Waals surface area (Å²) in [6.45, 7) is 9.23. The molecule has 0 radical (unpaired) electrons. The quantitative estimate of drug-likeness (QED) is 0.397. The Morgan fingerprint density at radius 2 is 1.88 bits per heavy atom. The van der Waals surface area contributed by atoms with E-state index >= 15 is 0 Å². The minimum absolute atomic E-state index is 0.0553. The number of Topliss-reactive ketones (excluding diaryl/α,β-unsaturated/α-hetero) is 1. The van der Waals surface area contributed by atoms with Gasteiger partial charge >= 0.3 is 5.97 Å². The second kappa shape index (κ2) is 8.71. The highest BCUT2D eigenvalue weighted by Gasteiger charge is 2.76. The van der Waals surface area contributed by atoms with Crippen molar-refractivity contribution >= 4 is 11.8 Å². The fourth-order valence-corrected chi connectivity index (χ4v) is 8.41. The Labute approximate surface area is 234 Å². The Morgan fingerprint density at radius 1 is 1.20 bits per heavy atom. The first-order valence-corrected chi connectivity index (χ1v) is 14.1. The molecule has 2 fully saturated rings. The molecule has 2 saturated carbocycles. The number of rotatable bonds is 4. The third kappa shape index (κ3) is 3.27. The number of hydrogen-bond acceptors (Lipinski definition) is 7. The molecule has 8 nitrogen and oxygen atoms in total. The summed E-state index contributed by atoms with van der Waals surface area (Å²) in [4.78, 5) is 28.5. The number of carbonyl (C=O) groups excluding carboxylic acids is 2. The second-order valence-electron chi connectivity index (χ2n) is 12.9. The summed E-state index contributed by atoms with van der Waals surface area (Å²) in [6.07, 6.45) is 1.20. The topological polar surface area (TPSA) is 122 Å². The Balaban J connectivity index is 1.46. The predicted octanol–water partition coefficient (Wildman–Crippen LogP) is 3.39. The van der Waals surface area contributed by atoms with Crippen molar-refractivity contribution in [1.29, 1.82) is 0 Å². The van der Waals surface area contributed by atoms with Gasteiger partial charge in [-0.3, -0.25) is 9.48 Å². The summed E-state index contributed by atoms with van der Waals surface area (Å²) >= 11 is 0. The van der Waals surface area contributed by atoms with Gasteiger partial charge in [0.1, 0.15) is 17.4 Å². The number of aromatic nitrogens is 2. The van der Waals surface area contributed by atoms with Gasteiger partial charge in [0.2, 0.25) is 0 Å². The zero-order valence-electron chi connectivity index (χ0n) is 23.9. The fourth-order valence-electron chi connectivity index (χ4n) is 8.41. The first kappa shape index (κ1) is 27.1. The highest BCUT2D eigenvalue weighted by Crippen LogP contribution is 2.71. The molecule has 8 heteroatoms. The molecule has 0 aliphatic heterocycles. The molecule has 2 bridgehead atoms. The summed E-state index contributed by atoms with van der Waals surface area (Å²) in [5.74, 6) is -1.44. The molecule has 8 atom stereocenters. The van der Waals surface area contributed by atoms with E-state index in [1.54, 1.807) is 37.7 Å². The van der Waals surface area contributed by atoms with Crippen LogP contribution in [0.25, 0.3) is 11.3 Å². The van der Waals surface area contributed by atoms with E-state index in [1.165, 1.54) is 0 Å².